The van der Waals surface area contributed by atoms with Gasteiger partial charge in [-0.15, -0.1) is 0 Å². The molecule has 0 spiro atoms. The summed E-state index contributed by atoms with van der Waals surface area (Å²) in [6.07, 6.45) is 3.39. The van der Waals surface area contributed by atoms with Crippen LogP contribution in [0.25, 0.3) is 6.08 Å². The Morgan fingerprint density at radius 3 is 2.56 bits per heavy atom. The summed E-state index contributed by atoms with van der Waals surface area (Å²) in [7, 11) is 0. The van der Waals surface area contributed by atoms with Gasteiger partial charge in [-0.3, -0.25) is 4.79 Å². The van der Waals surface area contributed by atoms with Crippen molar-refractivity contribution in [2.24, 2.45) is 0 Å². The van der Waals surface area contributed by atoms with Crippen LogP contribution in [0.5, 0.6) is 0 Å². The van der Waals surface area contributed by atoms with Gasteiger partial charge in [-0.1, -0.05) is 6.08 Å². The van der Waals surface area contributed by atoms with Crippen LogP contribution in [0.1, 0.15) is 15.9 Å². The van der Waals surface area contributed by atoms with E-state index in [1.165, 1.54) is 0 Å². The predicted octanol–water partition coefficient (Wildman–Crippen LogP) is 3.23. The Hall–Kier alpha value is -1.87. The second-order valence-electron chi connectivity index (χ2n) is 3.38. The number of rotatable bonds is 3. The number of benzene rings is 1. The van der Waals surface area contributed by atoms with Crippen LogP contribution in [0.15, 0.2) is 47.2 Å². The molecule has 2 nitrogen and oxygen atoms in total. The van der Waals surface area contributed by atoms with E-state index < -0.39 is 0 Å². The molecule has 3 heteroatoms. The molecule has 2 N–H and O–H groups in total. The fraction of sp³-hybridized carbons (Fsp3) is 0. The lowest BCUT2D eigenvalue weighted by molar-refractivity contribution is 0.104. The highest BCUT2D eigenvalue weighted by Gasteiger charge is 2.00. The van der Waals surface area contributed by atoms with E-state index in [-0.39, 0.29) is 5.78 Å². The van der Waals surface area contributed by atoms with Crippen LogP contribution >= 0.6 is 11.3 Å². The minimum absolute atomic E-state index is 0.00815. The van der Waals surface area contributed by atoms with Gasteiger partial charge in [0.05, 0.1) is 0 Å². The Morgan fingerprint density at radius 1 is 1.19 bits per heavy atom. The SMILES string of the molecule is Nc1ccc(C(=O)C=Cc2ccsc2)cc1. The van der Waals surface area contributed by atoms with Crippen LogP contribution in [0.3, 0.4) is 0 Å². The Morgan fingerprint density at radius 2 is 1.94 bits per heavy atom. The molecule has 1 aromatic carbocycles. The van der Waals surface area contributed by atoms with E-state index in [1.807, 2.05) is 22.9 Å². The van der Waals surface area contributed by atoms with Crippen molar-refractivity contribution in [2.75, 3.05) is 5.73 Å². The third kappa shape index (κ3) is 2.58. The highest BCUT2D eigenvalue weighted by Crippen LogP contribution is 2.10. The molecule has 0 atom stereocenters. The normalized spacial score (nSPS) is 10.8. The highest BCUT2D eigenvalue weighted by molar-refractivity contribution is 7.08. The van der Waals surface area contributed by atoms with Gasteiger partial charge in [0.25, 0.3) is 0 Å². The van der Waals surface area contributed by atoms with E-state index in [9.17, 15) is 4.79 Å². The fourth-order valence-corrected chi connectivity index (χ4v) is 1.91. The molecule has 0 fully saturated rings. The van der Waals surface area contributed by atoms with E-state index in [1.54, 1.807) is 41.7 Å². The highest BCUT2D eigenvalue weighted by atomic mass is 32.1. The molecule has 0 aliphatic rings. The molecule has 0 radical (unpaired) electrons. The largest absolute Gasteiger partial charge is 0.399 e. The molecule has 0 saturated carbocycles. The molecular formula is C13H11NOS. The number of nitrogen functional groups attached to an aromatic ring is 1. The van der Waals surface area contributed by atoms with Crippen LogP contribution in [-0.2, 0) is 0 Å². The molecule has 0 amide bonds. The summed E-state index contributed by atoms with van der Waals surface area (Å²) in [5, 5.41) is 3.97. The Balaban J connectivity index is 2.11. The second-order valence-corrected chi connectivity index (χ2v) is 4.16. The molecule has 16 heavy (non-hydrogen) atoms. The lowest BCUT2D eigenvalue weighted by Crippen LogP contribution is -1.94. The lowest BCUT2D eigenvalue weighted by atomic mass is 10.1. The average Bonchev–Trinajstić information content (AvgIpc) is 2.80. The predicted molar refractivity (Wildman–Crippen MR) is 68.5 cm³/mol. The average molecular weight is 229 g/mol. The van der Waals surface area contributed by atoms with Crippen molar-refractivity contribution in [1.29, 1.82) is 0 Å². The zero-order valence-corrected chi connectivity index (χ0v) is 9.41. The Kier molecular flexibility index (Phi) is 3.17. The van der Waals surface area contributed by atoms with Gasteiger partial charge in [0, 0.05) is 11.3 Å². The number of hydrogen-bond donors (Lipinski definition) is 1. The van der Waals surface area contributed by atoms with Gasteiger partial charge < -0.3 is 5.73 Å². The summed E-state index contributed by atoms with van der Waals surface area (Å²) < 4.78 is 0. The topological polar surface area (TPSA) is 43.1 Å². The Bertz CT molecular complexity index is 497. The van der Waals surface area contributed by atoms with Gasteiger partial charge in [-0.25, -0.2) is 0 Å². The van der Waals surface area contributed by atoms with E-state index in [0.29, 0.717) is 11.3 Å². The van der Waals surface area contributed by atoms with Gasteiger partial charge in [0.1, 0.15) is 0 Å². The number of carbonyl (C=O) groups is 1. The third-order valence-corrected chi connectivity index (χ3v) is 2.87. The number of nitrogens with two attached hydrogens (primary N) is 1. The number of anilines is 1. The number of ketones is 1. The third-order valence-electron chi connectivity index (χ3n) is 2.17. The van der Waals surface area contributed by atoms with Crippen molar-refractivity contribution in [3.05, 3.63) is 58.3 Å². The maximum atomic E-state index is 11.7. The summed E-state index contributed by atoms with van der Waals surface area (Å²) in [6.45, 7) is 0. The standard InChI is InChI=1S/C13H11NOS/c14-12-4-2-11(3-5-12)13(15)6-1-10-7-8-16-9-10/h1-9H,14H2. The van der Waals surface area contributed by atoms with Gasteiger partial charge in [0.15, 0.2) is 5.78 Å². The second kappa shape index (κ2) is 4.77. The molecule has 0 aliphatic carbocycles. The summed E-state index contributed by atoms with van der Waals surface area (Å²) >= 11 is 1.61. The zero-order valence-electron chi connectivity index (χ0n) is 8.59. The molecule has 2 aromatic rings. The van der Waals surface area contributed by atoms with E-state index in [2.05, 4.69) is 0 Å². The lowest BCUT2D eigenvalue weighted by Gasteiger charge is -1.96. The quantitative estimate of drug-likeness (QED) is 0.499. The minimum atomic E-state index is -0.00815. The number of thiophene rings is 1. The monoisotopic (exact) mass is 229 g/mol. The number of allylic oxidation sites excluding steroid dienone is 1. The molecule has 0 unspecified atom stereocenters. The minimum Gasteiger partial charge on any atom is -0.399 e. The van der Waals surface area contributed by atoms with Gasteiger partial charge in [-0.2, -0.15) is 11.3 Å². The van der Waals surface area contributed by atoms with E-state index in [4.69, 9.17) is 5.73 Å². The number of carbonyl (C=O) groups excluding carboxylic acids is 1. The van der Waals surface area contributed by atoms with Crippen molar-refractivity contribution in [1.82, 2.24) is 0 Å². The van der Waals surface area contributed by atoms with E-state index in [0.717, 1.165) is 5.56 Å². The first-order valence-electron chi connectivity index (χ1n) is 4.86. The Labute approximate surface area is 98.0 Å². The molecule has 0 aliphatic heterocycles. The van der Waals surface area contributed by atoms with Gasteiger partial charge in [0.2, 0.25) is 0 Å². The van der Waals surface area contributed by atoms with E-state index >= 15 is 0 Å². The number of hydrogen-bond acceptors (Lipinski definition) is 3. The van der Waals surface area contributed by atoms with Gasteiger partial charge in [-0.05, 0) is 52.7 Å². The molecule has 0 saturated heterocycles. The molecule has 1 heterocycles. The first kappa shape index (κ1) is 10.6. The zero-order chi connectivity index (χ0) is 11.4. The van der Waals surface area contributed by atoms with Crippen LogP contribution in [0.4, 0.5) is 5.69 Å². The smallest absolute Gasteiger partial charge is 0.185 e. The fourth-order valence-electron chi connectivity index (χ4n) is 1.29. The molecular weight excluding hydrogens is 218 g/mol. The van der Waals surface area contributed by atoms with Crippen molar-refractivity contribution >= 4 is 28.9 Å². The van der Waals surface area contributed by atoms with Crippen LogP contribution in [-0.4, -0.2) is 5.78 Å². The maximum Gasteiger partial charge on any atom is 0.185 e. The van der Waals surface area contributed by atoms with Crippen LogP contribution in [0.2, 0.25) is 0 Å². The van der Waals surface area contributed by atoms with Crippen LogP contribution in [0, 0.1) is 0 Å². The molecule has 2 rings (SSSR count). The summed E-state index contributed by atoms with van der Waals surface area (Å²) in [5.74, 6) is -0.00815. The van der Waals surface area contributed by atoms with Crippen molar-refractivity contribution < 1.29 is 4.79 Å². The molecule has 1 aromatic heterocycles. The van der Waals surface area contributed by atoms with Crippen molar-refractivity contribution in [3.8, 4) is 0 Å². The van der Waals surface area contributed by atoms with Gasteiger partial charge >= 0.3 is 0 Å². The van der Waals surface area contributed by atoms with Crippen molar-refractivity contribution in [3.63, 3.8) is 0 Å². The summed E-state index contributed by atoms with van der Waals surface area (Å²) in [6, 6.07) is 8.89. The van der Waals surface area contributed by atoms with Crippen molar-refractivity contribution in [2.45, 2.75) is 0 Å². The maximum absolute atomic E-state index is 11.7. The first-order chi connectivity index (χ1) is 7.75. The summed E-state index contributed by atoms with van der Waals surface area (Å²) in [5.41, 5.74) is 7.92. The molecule has 80 valence electrons. The van der Waals surface area contributed by atoms with Crippen LogP contribution < -0.4 is 5.73 Å². The summed E-state index contributed by atoms with van der Waals surface area (Å²) in [4.78, 5) is 11.7. The molecule has 0 bridgehead atoms. The first-order valence-corrected chi connectivity index (χ1v) is 5.80.